The minimum Gasteiger partial charge on any atom is -0.435 e. The summed E-state index contributed by atoms with van der Waals surface area (Å²) in [6, 6.07) is 0. The van der Waals surface area contributed by atoms with Gasteiger partial charge in [0.15, 0.2) is 0 Å². The van der Waals surface area contributed by atoms with Gasteiger partial charge < -0.3 is 9.84 Å². The van der Waals surface area contributed by atoms with Gasteiger partial charge in [-0.15, -0.1) is 0 Å². The zero-order chi connectivity index (χ0) is 8.72. The van der Waals surface area contributed by atoms with Crippen molar-refractivity contribution in [1.82, 2.24) is 0 Å². The Morgan fingerprint density at radius 2 is 2.50 bits per heavy atom. The minimum atomic E-state index is -0.317. The van der Waals surface area contributed by atoms with Crippen molar-refractivity contribution in [3.8, 4) is 0 Å². The van der Waals surface area contributed by atoms with E-state index in [0.717, 1.165) is 12.0 Å². The molecule has 12 heavy (non-hydrogen) atoms. The van der Waals surface area contributed by atoms with E-state index in [2.05, 4.69) is 11.3 Å². The van der Waals surface area contributed by atoms with Gasteiger partial charge in [0.05, 0.1) is 18.3 Å². The van der Waals surface area contributed by atoms with Crippen LogP contribution >= 0.6 is 11.8 Å². The largest absolute Gasteiger partial charge is 0.435 e. The number of aliphatic hydroxyl groups excluding tert-OH is 1. The SMILES string of the molecule is C=COC(=O)[C@H]1[C@@H]2SC[C@@H](O)[C@@H]21. The summed E-state index contributed by atoms with van der Waals surface area (Å²) >= 11 is 1.66. The quantitative estimate of drug-likeness (QED) is 0.501. The van der Waals surface area contributed by atoms with E-state index in [0.29, 0.717) is 5.25 Å². The maximum absolute atomic E-state index is 11.1. The predicted molar refractivity (Wildman–Crippen MR) is 45.5 cm³/mol. The highest BCUT2D eigenvalue weighted by atomic mass is 32.2. The van der Waals surface area contributed by atoms with Crippen LogP contribution in [0.1, 0.15) is 0 Å². The average molecular weight is 186 g/mol. The second-order valence-electron chi connectivity index (χ2n) is 3.07. The molecule has 0 aromatic heterocycles. The van der Waals surface area contributed by atoms with Gasteiger partial charge in [0.1, 0.15) is 0 Å². The molecule has 2 aliphatic rings. The van der Waals surface area contributed by atoms with Crippen molar-refractivity contribution in [1.29, 1.82) is 0 Å². The summed E-state index contributed by atoms with van der Waals surface area (Å²) in [5, 5.41) is 9.67. The van der Waals surface area contributed by atoms with E-state index >= 15 is 0 Å². The highest BCUT2D eigenvalue weighted by Crippen LogP contribution is 2.56. The third-order valence-corrected chi connectivity index (χ3v) is 3.91. The number of carbonyl (C=O) groups is 1. The molecule has 1 heterocycles. The van der Waals surface area contributed by atoms with Crippen molar-refractivity contribution >= 4 is 17.7 Å². The van der Waals surface area contributed by atoms with Crippen molar-refractivity contribution in [2.45, 2.75) is 11.4 Å². The Morgan fingerprint density at radius 3 is 3.00 bits per heavy atom. The predicted octanol–water partition coefficient (Wildman–Crippen LogP) is 0.395. The molecule has 0 aromatic rings. The number of esters is 1. The van der Waals surface area contributed by atoms with E-state index in [4.69, 9.17) is 0 Å². The van der Waals surface area contributed by atoms with Crippen LogP contribution in [0, 0.1) is 11.8 Å². The fourth-order valence-electron chi connectivity index (χ4n) is 1.75. The van der Waals surface area contributed by atoms with Crippen LogP contribution in [0.2, 0.25) is 0 Å². The van der Waals surface area contributed by atoms with Gasteiger partial charge in [0.25, 0.3) is 0 Å². The Labute approximate surface area is 74.8 Å². The molecule has 1 saturated carbocycles. The normalized spacial score (nSPS) is 43.4. The molecule has 0 bridgehead atoms. The molecule has 2 fully saturated rings. The molecule has 1 aliphatic heterocycles. The van der Waals surface area contributed by atoms with E-state index in [1.165, 1.54) is 0 Å². The van der Waals surface area contributed by atoms with Gasteiger partial charge in [-0.3, -0.25) is 4.79 Å². The van der Waals surface area contributed by atoms with Crippen LogP contribution in [0.25, 0.3) is 0 Å². The van der Waals surface area contributed by atoms with Gasteiger partial charge in [0, 0.05) is 16.9 Å². The van der Waals surface area contributed by atoms with Crippen molar-refractivity contribution in [2.75, 3.05) is 5.75 Å². The van der Waals surface area contributed by atoms with E-state index in [1.54, 1.807) is 11.8 Å². The second kappa shape index (κ2) is 2.78. The van der Waals surface area contributed by atoms with Crippen molar-refractivity contribution in [3.05, 3.63) is 12.8 Å². The molecule has 0 aromatic carbocycles. The molecule has 0 amide bonds. The third kappa shape index (κ3) is 1.06. The zero-order valence-electron chi connectivity index (χ0n) is 6.47. The molecular formula is C8H10O3S. The number of hydrogen-bond acceptors (Lipinski definition) is 4. The van der Waals surface area contributed by atoms with E-state index in [1.807, 2.05) is 0 Å². The summed E-state index contributed by atoms with van der Waals surface area (Å²) in [5.74, 6) is 0.568. The third-order valence-electron chi connectivity index (χ3n) is 2.38. The lowest BCUT2D eigenvalue weighted by Gasteiger charge is -2.04. The van der Waals surface area contributed by atoms with Crippen molar-refractivity contribution < 1.29 is 14.6 Å². The lowest BCUT2D eigenvalue weighted by Crippen LogP contribution is -2.16. The Hall–Kier alpha value is -0.480. The Bertz CT molecular complexity index is 228. The molecule has 1 aliphatic carbocycles. The topological polar surface area (TPSA) is 46.5 Å². The lowest BCUT2D eigenvalue weighted by atomic mass is 10.2. The van der Waals surface area contributed by atoms with Gasteiger partial charge in [0.2, 0.25) is 0 Å². The molecule has 0 spiro atoms. The van der Waals surface area contributed by atoms with Gasteiger partial charge in [-0.25, -0.2) is 0 Å². The number of carbonyl (C=O) groups excluding carboxylic acids is 1. The number of hydrogen-bond donors (Lipinski definition) is 1. The molecule has 2 rings (SSSR count). The summed E-state index contributed by atoms with van der Waals surface area (Å²) < 4.78 is 4.65. The number of ether oxygens (including phenoxy) is 1. The van der Waals surface area contributed by atoms with Gasteiger partial charge in [-0.1, -0.05) is 6.58 Å². The smallest absolute Gasteiger partial charge is 0.315 e. The Kier molecular flexibility index (Phi) is 1.88. The maximum Gasteiger partial charge on any atom is 0.315 e. The molecular weight excluding hydrogens is 176 g/mol. The van der Waals surface area contributed by atoms with Gasteiger partial charge >= 0.3 is 5.97 Å². The first-order valence-corrected chi connectivity index (χ1v) is 4.91. The summed E-state index contributed by atoms with van der Waals surface area (Å²) in [4.78, 5) is 11.1. The summed E-state index contributed by atoms with van der Waals surface area (Å²) in [5.41, 5.74) is 0. The van der Waals surface area contributed by atoms with Gasteiger partial charge in [-0.2, -0.15) is 11.8 Å². The number of aliphatic hydroxyl groups is 1. The summed E-state index contributed by atoms with van der Waals surface area (Å²) in [7, 11) is 0. The standard InChI is InChI=1S/C8H10O3S/c1-2-11-8(10)6-5-4(9)3-12-7(5)6/h2,4-7,9H,1,3H2/t4-,5-,6-,7-/m1/s1. The molecule has 3 nitrogen and oxygen atoms in total. The molecule has 66 valence electrons. The first kappa shape index (κ1) is 8.13. The highest BCUT2D eigenvalue weighted by Gasteiger charge is 2.63. The fraction of sp³-hybridized carbons (Fsp3) is 0.625. The number of rotatable bonds is 2. The molecule has 4 heteroatoms. The first-order chi connectivity index (χ1) is 5.75. The fourth-order valence-corrected chi connectivity index (χ4v) is 3.37. The van der Waals surface area contributed by atoms with E-state index in [-0.39, 0.29) is 23.9 Å². The van der Waals surface area contributed by atoms with E-state index < -0.39 is 0 Å². The van der Waals surface area contributed by atoms with E-state index in [9.17, 15) is 9.90 Å². The maximum atomic E-state index is 11.1. The van der Waals surface area contributed by atoms with Crippen LogP contribution in [0.4, 0.5) is 0 Å². The zero-order valence-corrected chi connectivity index (χ0v) is 7.29. The molecule has 1 N–H and O–H groups in total. The first-order valence-electron chi connectivity index (χ1n) is 3.87. The van der Waals surface area contributed by atoms with Crippen LogP contribution < -0.4 is 0 Å². The highest BCUT2D eigenvalue weighted by molar-refractivity contribution is 8.00. The van der Waals surface area contributed by atoms with Crippen LogP contribution in [-0.4, -0.2) is 28.2 Å². The molecule has 1 saturated heterocycles. The second-order valence-corrected chi connectivity index (χ2v) is 4.28. The monoisotopic (exact) mass is 186 g/mol. The van der Waals surface area contributed by atoms with Crippen molar-refractivity contribution in [2.24, 2.45) is 11.8 Å². The molecule has 0 unspecified atom stereocenters. The minimum absolute atomic E-state index is 0.0863. The number of fused-ring (bicyclic) bond motifs is 1. The molecule has 4 atom stereocenters. The van der Waals surface area contributed by atoms with Crippen LogP contribution in [0.5, 0.6) is 0 Å². The average Bonchev–Trinajstić information content (AvgIpc) is 2.65. The Morgan fingerprint density at radius 1 is 1.75 bits per heavy atom. The van der Waals surface area contributed by atoms with Gasteiger partial charge in [-0.05, 0) is 0 Å². The summed E-state index contributed by atoms with van der Waals surface area (Å²) in [6.07, 6.45) is 0.829. The van der Waals surface area contributed by atoms with Crippen LogP contribution in [-0.2, 0) is 9.53 Å². The lowest BCUT2D eigenvalue weighted by molar-refractivity contribution is -0.140. The number of thioether (sulfide) groups is 1. The molecule has 0 radical (unpaired) electrons. The summed E-state index contributed by atoms with van der Waals surface area (Å²) in [6.45, 7) is 3.31. The van der Waals surface area contributed by atoms with Crippen LogP contribution in [0.15, 0.2) is 12.8 Å². The Balaban J connectivity index is 1.94. The van der Waals surface area contributed by atoms with Crippen molar-refractivity contribution in [3.63, 3.8) is 0 Å². The van der Waals surface area contributed by atoms with Crippen LogP contribution in [0.3, 0.4) is 0 Å².